The zero-order valence-corrected chi connectivity index (χ0v) is 19.0. The van der Waals surface area contributed by atoms with Crippen LogP contribution in [0.4, 0.5) is 5.69 Å². The molecule has 0 radical (unpaired) electrons. The van der Waals surface area contributed by atoms with Crippen LogP contribution >= 0.6 is 12.6 Å². The highest BCUT2D eigenvalue weighted by Crippen LogP contribution is 2.29. The van der Waals surface area contributed by atoms with Crippen LogP contribution in [0.2, 0.25) is 0 Å². The second-order valence-corrected chi connectivity index (χ2v) is 8.96. The number of hydrogen-bond donors (Lipinski definition) is 2. The lowest BCUT2D eigenvalue weighted by Gasteiger charge is -2.41. The van der Waals surface area contributed by atoms with Crippen LogP contribution in [-0.4, -0.2) is 39.8 Å². The Morgan fingerprint density at radius 3 is 2.35 bits per heavy atom. The van der Waals surface area contributed by atoms with Gasteiger partial charge in [-0.2, -0.15) is 5.10 Å². The van der Waals surface area contributed by atoms with E-state index in [1.54, 1.807) is 0 Å². The van der Waals surface area contributed by atoms with Crippen molar-refractivity contribution >= 4 is 24.0 Å². The van der Waals surface area contributed by atoms with E-state index >= 15 is 0 Å². The number of nitrogens with zero attached hydrogens (tertiary/aromatic N) is 4. The average Bonchev–Trinajstić information content (AvgIpc) is 3.19. The molecule has 5 nitrogen and oxygen atoms in total. The summed E-state index contributed by atoms with van der Waals surface area (Å²) in [6.45, 7) is 8.65. The molecule has 1 aliphatic rings. The normalized spacial score (nSPS) is 19.2. The number of fused-ring (bicyclic) bond motifs is 1. The standard InChI is InChI=1S/C25H27N5S/c1-16-10-20(6-9-24(16)31)23-14-28-29-15-21(13-27-25(23)29)19-4-7-22(8-5-19)30-17(2)11-26-12-18(30)3/h4-10,13-15,17-18,26,31H,11-12H2,1-3H3. The summed E-state index contributed by atoms with van der Waals surface area (Å²) in [7, 11) is 0. The molecule has 31 heavy (non-hydrogen) atoms. The molecule has 158 valence electrons. The van der Waals surface area contributed by atoms with Gasteiger partial charge in [-0.05, 0) is 55.7 Å². The fraction of sp³-hybridized carbons (Fsp3) is 0.280. The smallest absolute Gasteiger partial charge is 0.162 e. The van der Waals surface area contributed by atoms with Crippen LogP contribution in [0.1, 0.15) is 19.4 Å². The molecule has 0 spiro atoms. The van der Waals surface area contributed by atoms with Crippen LogP contribution in [0.3, 0.4) is 0 Å². The van der Waals surface area contributed by atoms with Gasteiger partial charge in [0.05, 0.1) is 6.20 Å². The molecule has 1 aliphatic heterocycles. The summed E-state index contributed by atoms with van der Waals surface area (Å²) >= 11 is 4.48. The summed E-state index contributed by atoms with van der Waals surface area (Å²) < 4.78 is 1.86. The van der Waals surface area contributed by atoms with E-state index in [0.29, 0.717) is 12.1 Å². The number of thiol groups is 1. The number of piperazine rings is 1. The van der Waals surface area contributed by atoms with E-state index in [1.165, 1.54) is 5.69 Å². The van der Waals surface area contributed by atoms with Crippen molar-refractivity contribution in [3.05, 3.63) is 66.6 Å². The van der Waals surface area contributed by atoms with Crippen LogP contribution in [-0.2, 0) is 0 Å². The second-order valence-electron chi connectivity index (χ2n) is 8.48. The van der Waals surface area contributed by atoms with Gasteiger partial charge in [-0.25, -0.2) is 9.50 Å². The summed E-state index contributed by atoms with van der Waals surface area (Å²) in [5.41, 5.74) is 7.59. The lowest BCUT2D eigenvalue weighted by Crippen LogP contribution is -2.55. The molecular weight excluding hydrogens is 402 g/mol. The zero-order chi connectivity index (χ0) is 21.5. The van der Waals surface area contributed by atoms with Crippen LogP contribution in [0.5, 0.6) is 0 Å². The number of aromatic nitrogens is 3. The van der Waals surface area contributed by atoms with E-state index in [4.69, 9.17) is 4.98 Å². The van der Waals surface area contributed by atoms with E-state index in [1.807, 2.05) is 23.0 Å². The molecule has 0 bridgehead atoms. The molecule has 2 atom stereocenters. The van der Waals surface area contributed by atoms with Crippen molar-refractivity contribution < 1.29 is 0 Å². The number of aryl methyl sites for hydroxylation is 1. The minimum Gasteiger partial charge on any atom is -0.364 e. The van der Waals surface area contributed by atoms with E-state index in [0.717, 1.165) is 51.4 Å². The third kappa shape index (κ3) is 3.70. The minimum atomic E-state index is 0.482. The molecule has 1 fully saturated rings. The van der Waals surface area contributed by atoms with Crippen LogP contribution in [0.25, 0.3) is 27.9 Å². The monoisotopic (exact) mass is 429 g/mol. The summed E-state index contributed by atoms with van der Waals surface area (Å²) in [5.74, 6) is 0. The van der Waals surface area contributed by atoms with Gasteiger partial charge in [-0.1, -0.05) is 24.3 Å². The highest BCUT2D eigenvalue weighted by Gasteiger charge is 2.24. The van der Waals surface area contributed by atoms with Gasteiger partial charge in [-0.3, -0.25) is 0 Å². The van der Waals surface area contributed by atoms with Gasteiger partial charge in [0.25, 0.3) is 0 Å². The van der Waals surface area contributed by atoms with Crippen molar-refractivity contribution in [1.29, 1.82) is 0 Å². The van der Waals surface area contributed by atoms with Gasteiger partial charge < -0.3 is 10.2 Å². The Labute approximate surface area is 188 Å². The van der Waals surface area contributed by atoms with E-state index < -0.39 is 0 Å². The summed E-state index contributed by atoms with van der Waals surface area (Å²) in [6.07, 6.45) is 5.87. The average molecular weight is 430 g/mol. The quantitative estimate of drug-likeness (QED) is 0.457. The van der Waals surface area contributed by atoms with Gasteiger partial charge >= 0.3 is 0 Å². The van der Waals surface area contributed by atoms with E-state index in [-0.39, 0.29) is 0 Å². The first-order valence-corrected chi connectivity index (χ1v) is 11.2. The lowest BCUT2D eigenvalue weighted by atomic mass is 10.0. The van der Waals surface area contributed by atoms with Crippen molar-refractivity contribution in [1.82, 2.24) is 19.9 Å². The molecule has 2 unspecified atom stereocenters. The minimum absolute atomic E-state index is 0.482. The molecule has 0 aliphatic carbocycles. The molecule has 6 heteroatoms. The Bertz CT molecular complexity index is 1220. The summed E-state index contributed by atoms with van der Waals surface area (Å²) in [6, 6.07) is 16.0. The molecule has 3 heterocycles. The Hall–Kier alpha value is -2.83. The Balaban J connectivity index is 1.45. The fourth-order valence-corrected chi connectivity index (χ4v) is 4.66. The van der Waals surface area contributed by atoms with Crippen molar-refractivity contribution in [2.24, 2.45) is 0 Å². The van der Waals surface area contributed by atoms with Crippen LogP contribution in [0.15, 0.2) is 66.0 Å². The van der Waals surface area contributed by atoms with Gasteiger partial charge in [0.1, 0.15) is 0 Å². The third-order valence-electron chi connectivity index (χ3n) is 6.19. The van der Waals surface area contributed by atoms with Crippen molar-refractivity contribution in [3.63, 3.8) is 0 Å². The first-order valence-electron chi connectivity index (χ1n) is 10.7. The molecular formula is C25H27N5S. The topological polar surface area (TPSA) is 45.5 Å². The van der Waals surface area contributed by atoms with Crippen molar-refractivity contribution in [2.45, 2.75) is 37.8 Å². The maximum absolute atomic E-state index is 4.75. The number of anilines is 1. The van der Waals surface area contributed by atoms with E-state index in [2.05, 4.69) is 91.3 Å². The van der Waals surface area contributed by atoms with Crippen molar-refractivity contribution in [2.75, 3.05) is 18.0 Å². The van der Waals surface area contributed by atoms with E-state index in [9.17, 15) is 0 Å². The highest BCUT2D eigenvalue weighted by molar-refractivity contribution is 7.80. The Morgan fingerprint density at radius 2 is 1.65 bits per heavy atom. The molecule has 5 rings (SSSR count). The number of nitrogens with one attached hydrogen (secondary N) is 1. The predicted octanol–water partition coefficient (Wildman–Crippen LogP) is 4.85. The molecule has 2 aromatic carbocycles. The van der Waals surface area contributed by atoms with Gasteiger partial charge in [0.2, 0.25) is 0 Å². The van der Waals surface area contributed by atoms with Gasteiger partial charge in [-0.15, -0.1) is 12.6 Å². The maximum Gasteiger partial charge on any atom is 0.162 e. The van der Waals surface area contributed by atoms with Crippen LogP contribution in [0, 0.1) is 6.92 Å². The predicted molar refractivity (Wildman–Crippen MR) is 130 cm³/mol. The highest BCUT2D eigenvalue weighted by atomic mass is 32.1. The maximum atomic E-state index is 4.75. The molecule has 1 N–H and O–H groups in total. The molecule has 1 saturated heterocycles. The van der Waals surface area contributed by atoms with Crippen molar-refractivity contribution in [3.8, 4) is 22.3 Å². The summed E-state index contributed by atoms with van der Waals surface area (Å²) in [4.78, 5) is 8.23. The van der Waals surface area contributed by atoms with Gasteiger partial charge in [0, 0.05) is 59.3 Å². The first kappa shape index (κ1) is 20.1. The number of benzene rings is 2. The molecule has 0 amide bonds. The van der Waals surface area contributed by atoms with Crippen LogP contribution < -0.4 is 10.2 Å². The Morgan fingerprint density at radius 1 is 0.935 bits per heavy atom. The zero-order valence-electron chi connectivity index (χ0n) is 18.1. The third-order valence-corrected chi connectivity index (χ3v) is 6.69. The fourth-order valence-electron chi connectivity index (χ4n) is 4.52. The summed E-state index contributed by atoms with van der Waals surface area (Å²) in [5, 5.41) is 8.06. The number of rotatable bonds is 3. The largest absolute Gasteiger partial charge is 0.364 e. The molecule has 0 saturated carbocycles. The SMILES string of the molecule is Cc1cc(-c2cnn3cc(-c4ccc(N5C(C)CNCC5C)cc4)cnc23)ccc1S. The Kier molecular flexibility index (Phi) is 5.20. The second kappa shape index (κ2) is 8.02. The lowest BCUT2D eigenvalue weighted by molar-refractivity contribution is 0.432. The van der Waals surface area contributed by atoms with Gasteiger partial charge in [0.15, 0.2) is 5.65 Å². The first-order chi connectivity index (χ1) is 15.0. The number of hydrogen-bond acceptors (Lipinski definition) is 5. The molecule has 4 aromatic rings. The molecule has 2 aromatic heterocycles.